The van der Waals surface area contributed by atoms with E-state index in [1.807, 2.05) is 6.07 Å². The predicted octanol–water partition coefficient (Wildman–Crippen LogP) is 3.25. The monoisotopic (exact) mass is 357 g/mol. The van der Waals surface area contributed by atoms with Crippen LogP contribution in [0.3, 0.4) is 0 Å². The van der Waals surface area contributed by atoms with Gasteiger partial charge in [0.1, 0.15) is 0 Å². The van der Waals surface area contributed by atoms with Gasteiger partial charge in [-0.3, -0.25) is 0 Å². The first-order chi connectivity index (χ1) is 10.2. The number of aliphatic hydroxyl groups excluding tert-OH is 1. The largest absolute Gasteiger partial charge is 0.493 e. The number of ether oxygens (including phenoxy) is 2. The van der Waals surface area contributed by atoms with Crippen LogP contribution in [0.1, 0.15) is 37.7 Å². The fourth-order valence-electron chi connectivity index (χ4n) is 2.13. The molecule has 2 rings (SSSR count). The first-order valence-electron chi connectivity index (χ1n) is 7.58. The molecule has 1 fully saturated rings. The topological polar surface area (TPSA) is 50.7 Å². The van der Waals surface area contributed by atoms with Gasteiger partial charge in [-0.1, -0.05) is 0 Å². The number of hydrogen-bond acceptors (Lipinski definition) is 4. The number of hydrogen-bond donors (Lipinski definition) is 2. The third kappa shape index (κ3) is 5.49. The fraction of sp³-hybridized carbons (Fsp3) is 0.625. The lowest BCUT2D eigenvalue weighted by atomic mass is 10.2. The normalized spacial score (nSPS) is 14.2. The first kappa shape index (κ1) is 16.6. The van der Waals surface area contributed by atoms with E-state index >= 15 is 0 Å². The minimum atomic E-state index is 0.246. The molecule has 0 aliphatic heterocycles. The predicted molar refractivity (Wildman–Crippen MR) is 87.0 cm³/mol. The van der Waals surface area contributed by atoms with E-state index in [2.05, 4.69) is 27.3 Å². The molecule has 0 bridgehead atoms. The zero-order valence-electron chi connectivity index (χ0n) is 12.5. The van der Waals surface area contributed by atoms with Crippen molar-refractivity contribution in [2.75, 3.05) is 20.3 Å². The Bertz CT molecular complexity index is 449. The molecule has 21 heavy (non-hydrogen) atoms. The summed E-state index contributed by atoms with van der Waals surface area (Å²) in [5.74, 6) is 1.52. The Morgan fingerprint density at radius 1 is 1.29 bits per heavy atom. The summed E-state index contributed by atoms with van der Waals surface area (Å²) < 4.78 is 12.2. The van der Waals surface area contributed by atoms with Gasteiger partial charge in [0.05, 0.1) is 18.2 Å². The first-order valence-corrected chi connectivity index (χ1v) is 8.37. The third-order valence-corrected chi connectivity index (χ3v) is 4.10. The zero-order chi connectivity index (χ0) is 15.1. The molecule has 0 aromatic heterocycles. The van der Waals surface area contributed by atoms with Crippen molar-refractivity contribution in [1.29, 1.82) is 0 Å². The van der Waals surface area contributed by atoms with E-state index < -0.39 is 0 Å². The summed E-state index contributed by atoms with van der Waals surface area (Å²) in [6.07, 6.45) is 5.30. The Labute approximate surface area is 135 Å². The van der Waals surface area contributed by atoms with E-state index in [-0.39, 0.29) is 6.61 Å². The molecule has 0 atom stereocenters. The Hall–Kier alpha value is -0.780. The Balaban J connectivity index is 1.91. The van der Waals surface area contributed by atoms with Crippen molar-refractivity contribution < 1.29 is 14.6 Å². The van der Waals surface area contributed by atoms with Crippen LogP contribution in [-0.4, -0.2) is 31.5 Å². The smallest absolute Gasteiger partial charge is 0.175 e. The molecule has 2 N–H and O–H groups in total. The summed E-state index contributed by atoms with van der Waals surface area (Å²) in [6, 6.07) is 4.81. The maximum Gasteiger partial charge on any atom is 0.175 e. The van der Waals surface area contributed by atoms with Crippen LogP contribution in [0, 0.1) is 0 Å². The fourth-order valence-corrected chi connectivity index (χ4v) is 2.73. The number of methoxy groups -OCH3 is 1. The minimum absolute atomic E-state index is 0.246. The maximum atomic E-state index is 8.76. The van der Waals surface area contributed by atoms with Crippen LogP contribution in [0.25, 0.3) is 0 Å². The number of unbranched alkanes of at least 4 members (excludes halogenated alkanes) is 2. The highest BCUT2D eigenvalue weighted by molar-refractivity contribution is 9.10. The SMILES string of the molecule is COc1cc(CNC2CC2)cc(Br)c1OCCCCCO. The molecule has 0 spiro atoms. The van der Waals surface area contributed by atoms with Crippen molar-refractivity contribution in [3.05, 3.63) is 22.2 Å². The highest BCUT2D eigenvalue weighted by atomic mass is 79.9. The summed E-state index contributed by atoms with van der Waals surface area (Å²) in [7, 11) is 1.67. The molecular weight excluding hydrogens is 334 g/mol. The molecule has 118 valence electrons. The highest BCUT2D eigenvalue weighted by Gasteiger charge is 2.20. The number of rotatable bonds is 10. The van der Waals surface area contributed by atoms with Gasteiger partial charge < -0.3 is 19.9 Å². The van der Waals surface area contributed by atoms with E-state index in [1.54, 1.807) is 7.11 Å². The van der Waals surface area contributed by atoms with Crippen molar-refractivity contribution in [1.82, 2.24) is 5.32 Å². The van der Waals surface area contributed by atoms with Gasteiger partial charge in [0.2, 0.25) is 0 Å². The van der Waals surface area contributed by atoms with Gasteiger partial charge in [-0.05, 0) is 65.7 Å². The maximum absolute atomic E-state index is 8.76. The van der Waals surface area contributed by atoms with Crippen LogP contribution in [0.5, 0.6) is 11.5 Å². The van der Waals surface area contributed by atoms with Crippen LogP contribution < -0.4 is 14.8 Å². The average Bonchev–Trinajstić information content (AvgIpc) is 3.30. The summed E-state index contributed by atoms with van der Waals surface area (Å²) in [5, 5.41) is 12.3. The third-order valence-electron chi connectivity index (χ3n) is 3.51. The standard InChI is InChI=1S/C16H24BrNO3/c1-20-15-10-12(11-18-13-5-6-13)9-14(17)16(15)21-8-4-2-3-7-19/h9-10,13,18-19H,2-8,11H2,1H3. The molecule has 1 aromatic carbocycles. The van der Waals surface area contributed by atoms with Crippen LogP contribution >= 0.6 is 15.9 Å². The summed E-state index contributed by atoms with van der Waals surface area (Å²) in [5.41, 5.74) is 1.19. The molecule has 1 aromatic rings. The minimum Gasteiger partial charge on any atom is -0.493 e. The second-order valence-corrected chi connectivity index (χ2v) is 6.25. The van der Waals surface area contributed by atoms with Gasteiger partial charge in [0, 0.05) is 19.2 Å². The Kier molecular flexibility index (Phi) is 6.80. The lowest BCUT2D eigenvalue weighted by Crippen LogP contribution is -2.15. The van der Waals surface area contributed by atoms with Crippen molar-refractivity contribution in [2.24, 2.45) is 0 Å². The van der Waals surface area contributed by atoms with E-state index in [0.29, 0.717) is 12.6 Å². The number of benzene rings is 1. The molecule has 1 saturated carbocycles. The average molecular weight is 358 g/mol. The number of nitrogens with one attached hydrogen (secondary N) is 1. The van der Waals surface area contributed by atoms with Crippen molar-refractivity contribution in [2.45, 2.75) is 44.7 Å². The van der Waals surface area contributed by atoms with Crippen LogP contribution in [0.2, 0.25) is 0 Å². The number of halogens is 1. The summed E-state index contributed by atoms with van der Waals surface area (Å²) in [6.45, 7) is 1.74. The van der Waals surface area contributed by atoms with Gasteiger partial charge in [0.25, 0.3) is 0 Å². The molecule has 1 aliphatic carbocycles. The van der Waals surface area contributed by atoms with Gasteiger partial charge in [0.15, 0.2) is 11.5 Å². The quantitative estimate of drug-likeness (QED) is 0.631. The molecule has 4 nitrogen and oxygen atoms in total. The van der Waals surface area contributed by atoms with Gasteiger partial charge in [-0.25, -0.2) is 0 Å². The molecular formula is C16H24BrNO3. The van der Waals surface area contributed by atoms with Gasteiger partial charge >= 0.3 is 0 Å². The molecule has 0 heterocycles. The lowest BCUT2D eigenvalue weighted by molar-refractivity contribution is 0.259. The van der Waals surface area contributed by atoms with Gasteiger partial charge in [-0.15, -0.1) is 0 Å². The van der Waals surface area contributed by atoms with Crippen LogP contribution in [0.4, 0.5) is 0 Å². The van der Waals surface area contributed by atoms with Crippen molar-refractivity contribution >= 4 is 15.9 Å². The second kappa shape index (κ2) is 8.61. The molecule has 0 saturated heterocycles. The number of aliphatic hydroxyl groups is 1. The zero-order valence-corrected chi connectivity index (χ0v) is 14.1. The molecule has 0 radical (unpaired) electrons. The molecule has 5 heteroatoms. The Morgan fingerprint density at radius 3 is 2.76 bits per heavy atom. The molecule has 0 unspecified atom stereocenters. The van der Waals surface area contributed by atoms with Crippen LogP contribution in [0.15, 0.2) is 16.6 Å². The van der Waals surface area contributed by atoms with Crippen LogP contribution in [-0.2, 0) is 6.54 Å². The van der Waals surface area contributed by atoms with E-state index in [9.17, 15) is 0 Å². The lowest BCUT2D eigenvalue weighted by Gasteiger charge is -2.14. The van der Waals surface area contributed by atoms with E-state index in [0.717, 1.165) is 41.8 Å². The summed E-state index contributed by atoms with van der Waals surface area (Å²) >= 11 is 3.57. The Morgan fingerprint density at radius 2 is 2.10 bits per heavy atom. The van der Waals surface area contributed by atoms with E-state index in [1.165, 1.54) is 18.4 Å². The summed E-state index contributed by atoms with van der Waals surface area (Å²) in [4.78, 5) is 0. The molecule has 0 amide bonds. The van der Waals surface area contributed by atoms with Crippen molar-refractivity contribution in [3.63, 3.8) is 0 Å². The van der Waals surface area contributed by atoms with E-state index in [4.69, 9.17) is 14.6 Å². The second-order valence-electron chi connectivity index (χ2n) is 5.40. The highest BCUT2D eigenvalue weighted by Crippen LogP contribution is 2.37. The molecule has 1 aliphatic rings. The van der Waals surface area contributed by atoms with Crippen molar-refractivity contribution in [3.8, 4) is 11.5 Å². The van der Waals surface area contributed by atoms with Gasteiger partial charge in [-0.2, -0.15) is 0 Å².